The zero-order valence-electron chi connectivity index (χ0n) is 15.1. The molecule has 1 aromatic rings. The summed E-state index contributed by atoms with van der Waals surface area (Å²) in [6, 6.07) is 7.65. The van der Waals surface area contributed by atoms with Crippen LogP contribution in [-0.2, 0) is 9.59 Å². The average Bonchev–Trinajstić information content (AvgIpc) is 2.63. The van der Waals surface area contributed by atoms with E-state index in [0.717, 1.165) is 56.7 Å². The number of amides is 2. The zero-order valence-corrected chi connectivity index (χ0v) is 15.1. The molecule has 1 aromatic carbocycles. The quantitative estimate of drug-likeness (QED) is 0.863. The lowest BCUT2D eigenvalue weighted by molar-refractivity contribution is -0.119. The predicted octanol–water partition coefficient (Wildman–Crippen LogP) is 3.17. The van der Waals surface area contributed by atoms with Gasteiger partial charge in [-0.3, -0.25) is 9.59 Å². The van der Waals surface area contributed by atoms with E-state index < -0.39 is 0 Å². The molecule has 0 spiro atoms. The fourth-order valence-corrected chi connectivity index (χ4v) is 3.91. The number of hydrogen-bond acceptors (Lipinski definition) is 3. The van der Waals surface area contributed by atoms with E-state index in [1.165, 1.54) is 0 Å². The first-order chi connectivity index (χ1) is 12.1. The van der Waals surface area contributed by atoms with E-state index in [2.05, 4.69) is 17.6 Å². The van der Waals surface area contributed by atoms with Crippen LogP contribution < -0.4 is 15.5 Å². The van der Waals surface area contributed by atoms with Gasteiger partial charge in [0.1, 0.15) is 0 Å². The topological polar surface area (TPSA) is 61.4 Å². The molecule has 1 atom stereocenters. The van der Waals surface area contributed by atoms with E-state index >= 15 is 0 Å². The molecule has 2 heterocycles. The van der Waals surface area contributed by atoms with Crippen LogP contribution >= 0.6 is 0 Å². The summed E-state index contributed by atoms with van der Waals surface area (Å²) >= 11 is 0. The highest BCUT2D eigenvalue weighted by Crippen LogP contribution is 2.26. The maximum absolute atomic E-state index is 12.4. The second-order valence-corrected chi connectivity index (χ2v) is 7.37. The van der Waals surface area contributed by atoms with Crippen LogP contribution in [-0.4, -0.2) is 31.4 Å². The highest BCUT2D eigenvalue weighted by Gasteiger charge is 2.23. The van der Waals surface area contributed by atoms with Crippen LogP contribution in [0.15, 0.2) is 24.3 Å². The van der Waals surface area contributed by atoms with Crippen LogP contribution in [0.5, 0.6) is 0 Å². The van der Waals surface area contributed by atoms with Gasteiger partial charge in [-0.15, -0.1) is 0 Å². The van der Waals surface area contributed by atoms with Crippen molar-refractivity contribution in [3.63, 3.8) is 0 Å². The van der Waals surface area contributed by atoms with E-state index in [1.54, 1.807) is 0 Å². The van der Waals surface area contributed by atoms with Crippen molar-refractivity contribution in [2.45, 2.75) is 45.4 Å². The molecule has 2 aliphatic rings. The van der Waals surface area contributed by atoms with Gasteiger partial charge in [-0.25, -0.2) is 0 Å². The second kappa shape index (κ2) is 8.48. The second-order valence-electron chi connectivity index (χ2n) is 7.37. The summed E-state index contributed by atoms with van der Waals surface area (Å²) in [6.07, 6.45) is 5.49. The molecule has 2 aliphatic heterocycles. The summed E-state index contributed by atoms with van der Waals surface area (Å²) < 4.78 is 0. The first-order valence-corrected chi connectivity index (χ1v) is 9.54. The molecule has 0 saturated carbocycles. The number of carbonyl (C=O) groups excluding carboxylic acids is 2. The Kier molecular flexibility index (Phi) is 6.08. The van der Waals surface area contributed by atoms with E-state index in [9.17, 15) is 9.59 Å². The molecule has 3 rings (SSSR count). The Balaban J connectivity index is 1.57. The van der Waals surface area contributed by atoms with Crippen molar-refractivity contribution < 1.29 is 9.59 Å². The van der Waals surface area contributed by atoms with Crippen LogP contribution in [0.1, 0.15) is 45.4 Å². The molecule has 0 bridgehead atoms. The maximum Gasteiger partial charge on any atom is 0.226 e. The van der Waals surface area contributed by atoms with Gasteiger partial charge in [0.05, 0.1) is 0 Å². The van der Waals surface area contributed by atoms with Crippen molar-refractivity contribution in [3.05, 3.63) is 24.3 Å². The fourth-order valence-electron chi connectivity index (χ4n) is 3.91. The first kappa shape index (κ1) is 17.9. The summed E-state index contributed by atoms with van der Waals surface area (Å²) in [5.74, 6) is 1.26. The van der Waals surface area contributed by atoms with Crippen molar-refractivity contribution in [3.8, 4) is 0 Å². The fraction of sp³-hybridized carbons (Fsp3) is 0.600. The highest BCUT2D eigenvalue weighted by molar-refractivity contribution is 5.96. The van der Waals surface area contributed by atoms with Gasteiger partial charge in [-0.05, 0) is 68.8 Å². The van der Waals surface area contributed by atoms with Crippen LogP contribution in [0.2, 0.25) is 0 Å². The lowest BCUT2D eigenvalue weighted by Gasteiger charge is -2.28. The van der Waals surface area contributed by atoms with Gasteiger partial charge in [-0.2, -0.15) is 0 Å². The lowest BCUT2D eigenvalue weighted by Crippen LogP contribution is -2.35. The van der Waals surface area contributed by atoms with Crippen molar-refractivity contribution >= 4 is 23.2 Å². The molecular weight excluding hydrogens is 314 g/mol. The number of nitrogens with zero attached hydrogens (tertiary/aromatic N) is 1. The summed E-state index contributed by atoms with van der Waals surface area (Å²) in [6.45, 7) is 5.06. The van der Waals surface area contributed by atoms with Crippen LogP contribution in [0.25, 0.3) is 0 Å². The van der Waals surface area contributed by atoms with Gasteiger partial charge < -0.3 is 15.5 Å². The third-order valence-electron chi connectivity index (χ3n) is 5.46. The Morgan fingerprint density at radius 3 is 2.88 bits per heavy atom. The average molecular weight is 343 g/mol. The summed E-state index contributed by atoms with van der Waals surface area (Å²) in [5.41, 5.74) is 1.66. The van der Waals surface area contributed by atoms with Gasteiger partial charge in [0.15, 0.2) is 0 Å². The smallest absolute Gasteiger partial charge is 0.226 e. The third kappa shape index (κ3) is 4.82. The highest BCUT2D eigenvalue weighted by atomic mass is 16.2. The van der Waals surface area contributed by atoms with Crippen LogP contribution in [0.3, 0.4) is 0 Å². The summed E-state index contributed by atoms with van der Waals surface area (Å²) in [5, 5.41) is 6.38. The van der Waals surface area contributed by atoms with Crippen molar-refractivity contribution in [2.75, 3.05) is 29.9 Å². The van der Waals surface area contributed by atoms with Gasteiger partial charge in [0.2, 0.25) is 11.8 Å². The first-order valence-electron chi connectivity index (χ1n) is 9.54. The van der Waals surface area contributed by atoms with Gasteiger partial charge in [-0.1, -0.05) is 13.0 Å². The minimum Gasteiger partial charge on any atom is -0.326 e. The maximum atomic E-state index is 12.4. The van der Waals surface area contributed by atoms with Crippen molar-refractivity contribution in [1.29, 1.82) is 0 Å². The molecular formula is C20H29N3O2. The Morgan fingerprint density at radius 1 is 1.32 bits per heavy atom. The van der Waals surface area contributed by atoms with Crippen molar-refractivity contribution in [2.24, 2.45) is 11.8 Å². The largest absolute Gasteiger partial charge is 0.326 e. The minimum atomic E-state index is 0.0631. The molecule has 25 heavy (non-hydrogen) atoms. The molecule has 2 N–H and O–H groups in total. The standard InChI is InChI=1S/C20H29N3O2/c1-15(16-8-10-21-11-9-16)13-19(24)22-17-5-4-6-18(14-17)23-12-3-2-7-20(23)25/h4-6,14-16,21H,2-3,7-13H2,1H3,(H,22,24). The Hall–Kier alpha value is -1.88. The molecule has 0 radical (unpaired) electrons. The van der Waals surface area contributed by atoms with E-state index in [1.807, 2.05) is 29.2 Å². The lowest BCUT2D eigenvalue weighted by atomic mass is 9.84. The van der Waals surface area contributed by atoms with E-state index in [-0.39, 0.29) is 11.8 Å². The normalized spacial score (nSPS) is 20.4. The third-order valence-corrected chi connectivity index (χ3v) is 5.46. The molecule has 136 valence electrons. The monoisotopic (exact) mass is 343 g/mol. The van der Waals surface area contributed by atoms with Gasteiger partial charge in [0, 0.05) is 30.8 Å². The molecule has 0 aliphatic carbocycles. The molecule has 2 amide bonds. The molecule has 1 unspecified atom stereocenters. The summed E-state index contributed by atoms with van der Waals surface area (Å²) in [4.78, 5) is 26.3. The molecule has 2 saturated heterocycles. The SMILES string of the molecule is CC(CC(=O)Nc1cccc(N2CCCCC2=O)c1)C1CCNCC1. The molecule has 5 nitrogen and oxygen atoms in total. The summed E-state index contributed by atoms with van der Waals surface area (Å²) in [7, 11) is 0. The zero-order chi connectivity index (χ0) is 17.6. The Labute approximate surface area is 150 Å². The van der Waals surface area contributed by atoms with E-state index in [0.29, 0.717) is 24.7 Å². The molecule has 0 aromatic heterocycles. The number of piperidine rings is 2. The number of anilines is 2. The Morgan fingerprint density at radius 2 is 2.12 bits per heavy atom. The van der Waals surface area contributed by atoms with Gasteiger partial charge >= 0.3 is 0 Å². The van der Waals surface area contributed by atoms with Crippen LogP contribution in [0, 0.1) is 11.8 Å². The number of nitrogens with one attached hydrogen (secondary N) is 2. The minimum absolute atomic E-state index is 0.0631. The predicted molar refractivity (Wildman–Crippen MR) is 101 cm³/mol. The molecule has 2 fully saturated rings. The van der Waals surface area contributed by atoms with Crippen LogP contribution in [0.4, 0.5) is 11.4 Å². The number of rotatable bonds is 5. The van der Waals surface area contributed by atoms with E-state index in [4.69, 9.17) is 0 Å². The molecule has 5 heteroatoms. The van der Waals surface area contributed by atoms with Gasteiger partial charge in [0.25, 0.3) is 0 Å². The number of hydrogen-bond donors (Lipinski definition) is 2. The number of carbonyl (C=O) groups is 2. The number of benzene rings is 1. The van der Waals surface area contributed by atoms with Crippen molar-refractivity contribution in [1.82, 2.24) is 5.32 Å². The Bertz CT molecular complexity index is 611.